The molecule has 2 heterocycles. The fourth-order valence-electron chi connectivity index (χ4n) is 3.91. The summed E-state index contributed by atoms with van der Waals surface area (Å²) in [4.78, 5) is 27.5. The summed E-state index contributed by atoms with van der Waals surface area (Å²) in [6.07, 6.45) is -3.26. The molecule has 1 aromatic rings. The van der Waals surface area contributed by atoms with Gasteiger partial charge >= 0.3 is 6.18 Å². The van der Waals surface area contributed by atoms with Gasteiger partial charge in [-0.2, -0.15) is 13.2 Å². The van der Waals surface area contributed by atoms with Crippen LogP contribution in [0.5, 0.6) is 0 Å². The van der Waals surface area contributed by atoms with E-state index in [1.165, 1.54) is 11.0 Å². The number of hydrogen-bond acceptors (Lipinski definition) is 3. The summed E-state index contributed by atoms with van der Waals surface area (Å²) in [6, 6.07) is 4.66. The van der Waals surface area contributed by atoms with Crippen LogP contribution in [0.25, 0.3) is 0 Å². The van der Waals surface area contributed by atoms with Crippen molar-refractivity contribution in [2.75, 3.05) is 19.6 Å². The molecule has 1 aromatic carbocycles. The van der Waals surface area contributed by atoms with Crippen LogP contribution in [0.2, 0.25) is 0 Å². The lowest BCUT2D eigenvalue weighted by molar-refractivity contribution is -0.148. The topological polar surface area (TPSA) is 98.1 Å². The second-order valence-corrected chi connectivity index (χ2v) is 6.64. The molecule has 0 radical (unpaired) electrons. The molecule has 0 aliphatic carbocycles. The van der Waals surface area contributed by atoms with E-state index < -0.39 is 18.6 Å². The second kappa shape index (κ2) is 7.24. The Balaban J connectivity index is 0.00000243. The van der Waals surface area contributed by atoms with Gasteiger partial charge in [0.1, 0.15) is 0 Å². The molecule has 1 saturated heterocycles. The highest BCUT2D eigenvalue weighted by molar-refractivity contribution is 6.09. The van der Waals surface area contributed by atoms with Gasteiger partial charge in [-0.25, -0.2) is 0 Å². The van der Waals surface area contributed by atoms with Crippen LogP contribution in [-0.2, 0) is 0 Å². The van der Waals surface area contributed by atoms with E-state index in [-0.39, 0.29) is 29.0 Å². The number of benzene rings is 1. The summed E-state index contributed by atoms with van der Waals surface area (Å²) in [5.41, 5.74) is 6.66. The van der Waals surface area contributed by atoms with Gasteiger partial charge < -0.3 is 16.1 Å². The number of nitrogens with two attached hydrogens (primary N) is 1. The second-order valence-electron chi connectivity index (χ2n) is 6.64. The third-order valence-electron chi connectivity index (χ3n) is 5.03. The zero-order valence-electron chi connectivity index (χ0n) is 14.3. The van der Waals surface area contributed by atoms with Gasteiger partial charge in [0.25, 0.3) is 5.91 Å². The molecule has 6 nitrogen and oxygen atoms in total. The minimum atomic E-state index is -4.21. The van der Waals surface area contributed by atoms with Crippen molar-refractivity contribution in [1.82, 2.24) is 9.80 Å². The highest BCUT2D eigenvalue weighted by Gasteiger charge is 2.42. The van der Waals surface area contributed by atoms with E-state index in [9.17, 15) is 22.8 Å². The van der Waals surface area contributed by atoms with E-state index in [1.807, 2.05) is 6.92 Å². The first-order valence-corrected chi connectivity index (χ1v) is 8.23. The summed E-state index contributed by atoms with van der Waals surface area (Å²) in [5.74, 6) is -0.912. The Morgan fingerprint density at radius 3 is 2.42 bits per heavy atom. The lowest BCUT2D eigenvalue weighted by Gasteiger charge is -2.38. The predicted octanol–water partition coefficient (Wildman–Crippen LogP) is 1.50. The van der Waals surface area contributed by atoms with E-state index >= 15 is 0 Å². The molecule has 2 amide bonds. The number of piperidine rings is 1. The van der Waals surface area contributed by atoms with Crippen LogP contribution in [0.15, 0.2) is 18.2 Å². The molecule has 4 N–H and O–H groups in total. The van der Waals surface area contributed by atoms with Gasteiger partial charge in [-0.15, -0.1) is 0 Å². The number of likely N-dealkylation sites (tertiary alicyclic amines) is 1. The van der Waals surface area contributed by atoms with Crippen molar-refractivity contribution in [3.63, 3.8) is 0 Å². The largest absolute Gasteiger partial charge is 0.412 e. The minimum Gasteiger partial charge on any atom is -0.412 e. The number of halogens is 3. The molecule has 0 saturated carbocycles. The molecule has 144 valence electrons. The Labute approximate surface area is 149 Å². The normalized spacial score (nSPS) is 21.5. The molecule has 2 aliphatic heterocycles. The highest BCUT2D eigenvalue weighted by Crippen LogP contribution is 2.38. The molecule has 2 aliphatic rings. The van der Waals surface area contributed by atoms with Crippen LogP contribution in [-0.4, -0.2) is 58.9 Å². The summed E-state index contributed by atoms with van der Waals surface area (Å²) in [7, 11) is 0. The quantitative estimate of drug-likeness (QED) is 0.869. The van der Waals surface area contributed by atoms with Crippen molar-refractivity contribution in [3.05, 3.63) is 34.9 Å². The number of amides is 2. The van der Waals surface area contributed by atoms with Gasteiger partial charge in [-0.3, -0.25) is 14.5 Å². The number of fused-ring (bicyclic) bond motifs is 1. The summed E-state index contributed by atoms with van der Waals surface area (Å²) < 4.78 is 37.5. The molecule has 1 atom stereocenters. The molecule has 3 rings (SSSR count). The van der Waals surface area contributed by atoms with Gasteiger partial charge in [-0.05, 0) is 31.4 Å². The van der Waals surface area contributed by atoms with Gasteiger partial charge in [0, 0.05) is 19.1 Å². The molecule has 1 fully saturated rings. The minimum absolute atomic E-state index is 0. The third kappa shape index (κ3) is 3.68. The summed E-state index contributed by atoms with van der Waals surface area (Å²) in [5, 5.41) is 0. The standard InChI is InChI=1S/C17H20F3N3O2.H2O/c1-10-12-3-2-4-13(15(21)24)14(12)16(25)23(10)11-5-7-22(8-6-11)9-17(18,19)20;/h2-4,10-11H,5-9H2,1H3,(H2,21,24);1H2. The summed E-state index contributed by atoms with van der Waals surface area (Å²) >= 11 is 0. The van der Waals surface area contributed by atoms with Crippen LogP contribution in [0.3, 0.4) is 0 Å². The maximum atomic E-state index is 12.9. The molecule has 1 unspecified atom stereocenters. The van der Waals surface area contributed by atoms with Crippen molar-refractivity contribution in [3.8, 4) is 0 Å². The third-order valence-corrected chi connectivity index (χ3v) is 5.03. The first kappa shape index (κ1) is 20.2. The average Bonchev–Trinajstić information content (AvgIpc) is 2.78. The van der Waals surface area contributed by atoms with Crippen molar-refractivity contribution in [1.29, 1.82) is 0 Å². The number of primary amides is 1. The summed E-state index contributed by atoms with van der Waals surface area (Å²) in [6.45, 7) is 1.53. The van der Waals surface area contributed by atoms with Gasteiger partial charge in [0.05, 0.1) is 23.7 Å². The Kier molecular flexibility index (Phi) is 5.62. The Hall–Kier alpha value is -2.13. The molecule has 26 heavy (non-hydrogen) atoms. The van der Waals surface area contributed by atoms with E-state index in [1.54, 1.807) is 17.0 Å². The highest BCUT2D eigenvalue weighted by atomic mass is 19.4. The number of hydrogen-bond donors (Lipinski definition) is 1. The van der Waals surface area contributed by atoms with Gasteiger partial charge in [0.15, 0.2) is 0 Å². The maximum Gasteiger partial charge on any atom is 0.401 e. The van der Waals surface area contributed by atoms with Gasteiger partial charge in [-0.1, -0.05) is 12.1 Å². The van der Waals surface area contributed by atoms with Crippen molar-refractivity contribution >= 4 is 11.8 Å². The zero-order valence-corrected chi connectivity index (χ0v) is 14.3. The lowest BCUT2D eigenvalue weighted by Crippen LogP contribution is -2.48. The molecular weight excluding hydrogens is 351 g/mol. The van der Waals surface area contributed by atoms with Crippen LogP contribution in [0.4, 0.5) is 13.2 Å². The first-order valence-electron chi connectivity index (χ1n) is 8.23. The molecule has 9 heteroatoms. The van der Waals surface area contributed by atoms with E-state index in [4.69, 9.17) is 5.73 Å². The fourth-order valence-corrected chi connectivity index (χ4v) is 3.91. The molecule has 0 aromatic heterocycles. The van der Waals surface area contributed by atoms with E-state index in [2.05, 4.69) is 0 Å². The Bertz CT molecular complexity index is 700. The number of alkyl halides is 3. The smallest absolute Gasteiger partial charge is 0.401 e. The van der Waals surface area contributed by atoms with Crippen molar-refractivity contribution in [2.45, 2.75) is 38.0 Å². The number of rotatable bonds is 3. The van der Waals surface area contributed by atoms with Crippen LogP contribution in [0, 0.1) is 0 Å². The molecule has 0 spiro atoms. The number of carbonyl (C=O) groups is 2. The maximum absolute atomic E-state index is 12.9. The van der Waals surface area contributed by atoms with Crippen LogP contribution < -0.4 is 5.73 Å². The SMILES string of the molecule is CC1c2cccc(C(N)=O)c2C(=O)N1C1CCN(CC(F)(F)F)CC1.O. The van der Waals surface area contributed by atoms with Gasteiger partial charge in [0.2, 0.25) is 5.91 Å². The number of carbonyl (C=O) groups excluding carboxylic acids is 2. The predicted molar refractivity (Wildman–Crippen MR) is 88.7 cm³/mol. The van der Waals surface area contributed by atoms with E-state index in [0.717, 1.165) is 5.56 Å². The monoisotopic (exact) mass is 373 g/mol. The molecule has 0 bridgehead atoms. The molecular formula is C17H22F3N3O3. The fraction of sp³-hybridized carbons (Fsp3) is 0.529. The van der Waals surface area contributed by atoms with Crippen molar-refractivity contribution in [2.24, 2.45) is 5.73 Å². The first-order chi connectivity index (χ1) is 11.7. The zero-order chi connectivity index (χ0) is 18.4. The Morgan fingerprint density at radius 1 is 1.27 bits per heavy atom. The Morgan fingerprint density at radius 2 is 1.88 bits per heavy atom. The average molecular weight is 373 g/mol. The van der Waals surface area contributed by atoms with Crippen LogP contribution >= 0.6 is 0 Å². The van der Waals surface area contributed by atoms with E-state index in [0.29, 0.717) is 31.5 Å². The van der Waals surface area contributed by atoms with Crippen LogP contribution in [0.1, 0.15) is 52.1 Å². The number of nitrogens with zero attached hydrogens (tertiary/aromatic N) is 2. The van der Waals surface area contributed by atoms with Crippen molar-refractivity contribution < 1.29 is 28.2 Å². The lowest BCUT2D eigenvalue weighted by atomic mass is 9.99.